The summed E-state index contributed by atoms with van der Waals surface area (Å²) < 4.78 is 0. The van der Waals surface area contributed by atoms with Gasteiger partial charge in [-0.1, -0.05) is 80.6 Å². The summed E-state index contributed by atoms with van der Waals surface area (Å²) in [5.74, 6) is -2.21. The van der Waals surface area contributed by atoms with Gasteiger partial charge in [-0.05, 0) is 47.6 Å². The van der Waals surface area contributed by atoms with E-state index in [1.807, 2.05) is 74.5 Å². The molecule has 1 aliphatic rings. The molecule has 8 nitrogen and oxygen atoms in total. The first-order valence-electron chi connectivity index (χ1n) is 13.1. The van der Waals surface area contributed by atoms with E-state index in [0.717, 1.165) is 21.6 Å². The molecule has 3 amide bonds. The highest BCUT2D eigenvalue weighted by Crippen LogP contribution is 2.28. The first-order chi connectivity index (χ1) is 18.7. The van der Waals surface area contributed by atoms with Gasteiger partial charge in [0.15, 0.2) is 0 Å². The summed E-state index contributed by atoms with van der Waals surface area (Å²) in [6, 6.07) is 22.3. The predicted octanol–water partition coefficient (Wildman–Crippen LogP) is 4.11. The van der Waals surface area contributed by atoms with Crippen LogP contribution in [0.2, 0.25) is 0 Å². The number of nitrogens with zero attached hydrogens (tertiary/aromatic N) is 1. The van der Waals surface area contributed by atoms with Crippen molar-refractivity contribution < 1.29 is 24.3 Å². The number of carboxylic acid groups (broad SMARTS) is 1. The Hall–Kier alpha value is -4.30. The summed E-state index contributed by atoms with van der Waals surface area (Å²) in [7, 11) is 0. The number of fused-ring (bicyclic) bond motifs is 1. The Morgan fingerprint density at radius 3 is 2.10 bits per heavy atom. The molecule has 202 valence electrons. The molecular formula is C31H33N3O5. The minimum atomic E-state index is -1.15. The summed E-state index contributed by atoms with van der Waals surface area (Å²) in [5, 5.41) is 15.7. The molecular weight excluding hydrogens is 494 g/mol. The highest BCUT2D eigenvalue weighted by atomic mass is 16.4. The van der Waals surface area contributed by atoms with Crippen molar-refractivity contribution in [2.45, 2.75) is 45.3 Å². The van der Waals surface area contributed by atoms with E-state index in [9.17, 15) is 24.3 Å². The molecule has 0 fully saturated rings. The Labute approximate surface area is 228 Å². The Balaban J connectivity index is 1.42. The van der Waals surface area contributed by atoms with Gasteiger partial charge >= 0.3 is 5.97 Å². The van der Waals surface area contributed by atoms with Gasteiger partial charge in [0.2, 0.25) is 5.91 Å². The number of amides is 3. The first-order valence-corrected chi connectivity index (χ1v) is 13.1. The number of hydrogen-bond donors (Lipinski definition) is 3. The van der Waals surface area contributed by atoms with Gasteiger partial charge in [-0.3, -0.25) is 29.4 Å². The Morgan fingerprint density at radius 2 is 1.46 bits per heavy atom. The zero-order valence-electron chi connectivity index (χ0n) is 22.1. The van der Waals surface area contributed by atoms with Crippen molar-refractivity contribution in [1.29, 1.82) is 0 Å². The van der Waals surface area contributed by atoms with Crippen molar-refractivity contribution in [2.24, 2.45) is 5.92 Å². The molecule has 0 bridgehead atoms. The van der Waals surface area contributed by atoms with Crippen LogP contribution in [0.25, 0.3) is 11.1 Å². The lowest BCUT2D eigenvalue weighted by Gasteiger charge is -2.25. The van der Waals surface area contributed by atoms with Gasteiger partial charge in [0.05, 0.1) is 17.2 Å². The van der Waals surface area contributed by atoms with Gasteiger partial charge in [-0.25, -0.2) is 0 Å². The second-order valence-corrected chi connectivity index (χ2v) is 10.1. The third kappa shape index (κ3) is 6.78. The standard InChI is InChI=1S/C31H33N3O5/c1-20(2)17-27(28(35)32-19-21-9-5-3-6-10-21)33-26(31(38)39)15-16-34-29(36)24-14-13-23(18-25(24)30(34)37)22-11-7-4-8-12-22/h3-14,18,20,26-27,33H,15-17,19H2,1-2H3,(H,32,35)(H,38,39)/t26-,27+/m1/s1. The molecule has 3 N–H and O–H groups in total. The summed E-state index contributed by atoms with van der Waals surface area (Å²) in [4.78, 5) is 52.4. The van der Waals surface area contributed by atoms with Gasteiger partial charge in [0, 0.05) is 13.1 Å². The number of nitrogens with one attached hydrogen (secondary N) is 2. The van der Waals surface area contributed by atoms with Crippen LogP contribution in [0.5, 0.6) is 0 Å². The zero-order chi connectivity index (χ0) is 27.9. The van der Waals surface area contributed by atoms with Crippen LogP contribution in [0.1, 0.15) is 53.0 Å². The van der Waals surface area contributed by atoms with E-state index in [4.69, 9.17) is 0 Å². The zero-order valence-corrected chi connectivity index (χ0v) is 22.1. The highest BCUT2D eigenvalue weighted by molar-refractivity contribution is 6.21. The molecule has 3 aromatic carbocycles. The second kappa shape index (κ2) is 12.5. The molecule has 4 rings (SSSR count). The average molecular weight is 528 g/mol. The van der Waals surface area contributed by atoms with Crippen molar-refractivity contribution in [3.8, 4) is 11.1 Å². The summed E-state index contributed by atoms with van der Waals surface area (Å²) in [5.41, 5.74) is 3.29. The molecule has 0 saturated heterocycles. The number of benzene rings is 3. The van der Waals surface area contributed by atoms with Crippen molar-refractivity contribution in [1.82, 2.24) is 15.5 Å². The number of carbonyl (C=O) groups excluding carboxylic acids is 3. The van der Waals surface area contributed by atoms with Gasteiger partial charge in [0.1, 0.15) is 6.04 Å². The largest absolute Gasteiger partial charge is 0.480 e. The minimum absolute atomic E-state index is 0.0348. The van der Waals surface area contributed by atoms with Crippen LogP contribution < -0.4 is 10.6 Å². The monoisotopic (exact) mass is 527 g/mol. The maximum atomic E-state index is 13.1. The molecule has 3 aromatic rings. The van der Waals surface area contributed by atoms with E-state index in [1.54, 1.807) is 18.2 Å². The van der Waals surface area contributed by atoms with Crippen LogP contribution in [0.3, 0.4) is 0 Å². The molecule has 39 heavy (non-hydrogen) atoms. The van der Waals surface area contributed by atoms with Gasteiger partial charge in [0.25, 0.3) is 11.8 Å². The number of carbonyl (C=O) groups is 4. The molecule has 1 aliphatic heterocycles. The van der Waals surface area contributed by atoms with Crippen molar-refractivity contribution in [3.05, 3.63) is 95.6 Å². The van der Waals surface area contributed by atoms with Crippen LogP contribution in [-0.2, 0) is 16.1 Å². The summed E-state index contributed by atoms with van der Waals surface area (Å²) in [6.07, 6.45) is 0.395. The number of carboxylic acids is 1. The quantitative estimate of drug-likeness (QED) is 0.305. The molecule has 2 atom stereocenters. The van der Waals surface area contributed by atoms with Crippen LogP contribution in [0.15, 0.2) is 78.9 Å². The van der Waals surface area contributed by atoms with Crippen LogP contribution in [0.4, 0.5) is 0 Å². The fraction of sp³-hybridized carbons (Fsp3) is 0.290. The molecule has 0 saturated carbocycles. The van der Waals surface area contributed by atoms with E-state index in [2.05, 4.69) is 10.6 Å². The highest BCUT2D eigenvalue weighted by Gasteiger charge is 2.37. The number of hydrogen-bond acceptors (Lipinski definition) is 5. The lowest BCUT2D eigenvalue weighted by molar-refractivity contribution is -0.140. The van der Waals surface area contributed by atoms with Crippen molar-refractivity contribution in [2.75, 3.05) is 6.54 Å². The fourth-order valence-corrected chi connectivity index (χ4v) is 4.71. The fourth-order valence-electron chi connectivity index (χ4n) is 4.71. The van der Waals surface area contributed by atoms with Crippen molar-refractivity contribution >= 4 is 23.7 Å². The van der Waals surface area contributed by atoms with Crippen LogP contribution >= 0.6 is 0 Å². The SMILES string of the molecule is CC(C)C[C@H](N[C@H](CCN1C(=O)c2ccc(-c3ccccc3)cc2C1=O)C(=O)O)C(=O)NCc1ccccc1. The third-order valence-corrected chi connectivity index (χ3v) is 6.75. The van der Waals surface area contributed by atoms with Crippen molar-refractivity contribution in [3.63, 3.8) is 0 Å². The smallest absolute Gasteiger partial charge is 0.320 e. The Morgan fingerprint density at radius 1 is 0.821 bits per heavy atom. The average Bonchev–Trinajstić information content (AvgIpc) is 3.18. The minimum Gasteiger partial charge on any atom is -0.480 e. The lowest BCUT2D eigenvalue weighted by atomic mass is 10.0. The van der Waals surface area contributed by atoms with Crippen LogP contribution in [-0.4, -0.2) is 52.3 Å². The number of imide groups is 1. The van der Waals surface area contributed by atoms with E-state index in [1.165, 1.54) is 0 Å². The predicted molar refractivity (Wildman–Crippen MR) is 148 cm³/mol. The molecule has 0 aliphatic carbocycles. The summed E-state index contributed by atoms with van der Waals surface area (Å²) in [6.45, 7) is 4.15. The Bertz CT molecular complexity index is 1340. The maximum absolute atomic E-state index is 13.1. The van der Waals surface area contributed by atoms with E-state index >= 15 is 0 Å². The van der Waals surface area contributed by atoms with E-state index in [0.29, 0.717) is 24.1 Å². The number of aliphatic carboxylic acids is 1. The normalized spacial score (nSPS) is 14.3. The molecule has 8 heteroatoms. The number of rotatable bonds is 12. The van der Waals surface area contributed by atoms with E-state index in [-0.39, 0.29) is 24.8 Å². The molecule has 0 unspecified atom stereocenters. The van der Waals surface area contributed by atoms with E-state index < -0.39 is 29.9 Å². The van der Waals surface area contributed by atoms with Gasteiger partial charge in [-0.2, -0.15) is 0 Å². The lowest BCUT2D eigenvalue weighted by Crippen LogP contribution is -2.52. The molecule has 0 radical (unpaired) electrons. The molecule has 1 heterocycles. The topological polar surface area (TPSA) is 116 Å². The molecule has 0 spiro atoms. The summed E-state index contributed by atoms with van der Waals surface area (Å²) >= 11 is 0. The second-order valence-electron chi connectivity index (χ2n) is 10.1. The van der Waals surface area contributed by atoms with Crippen LogP contribution in [0, 0.1) is 5.92 Å². The van der Waals surface area contributed by atoms with Gasteiger partial charge in [-0.15, -0.1) is 0 Å². The first kappa shape index (κ1) is 27.7. The van der Waals surface area contributed by atoms with Gasteiger partial charge < -0.3 is 10.4 Å². The maximum Gasteiger partial charge on any atom is 0.320 e. The molecule has 0 aromatic heterocycles. The Kier molecular flexibility index (Phi) is 8.88. The third-order valence-electron chi connectivity index (χ3n) is 6.75.